The van der Waals surface area contributed by atoms with Gasteiger partial charge in [-0.15, -0.1) is 17.0 Å². The van der Waals surface area contributed by atoms with Crippen molar-refractivity contribution in [3.05, 3.63) is 0 Å². The average molecular weight is 357 g/mol. The first kappa shape index (κ1) is 18.8. The number of rotatable bonds is 3. The first-order chi connectivity index (χ1) is 8.81. The molecule has 0 bridgehead atoms. The number of aliphatic hydroxyl groups excluding tert-OH is 1. The third-order valence-corrected chi connectivity index (χ3v) is 2.32. The first-order valence-electron chi connectivity index (χ1n) is 5.62. The highest BCUT2D eigenvalue weighted by atomic mass is 79.9. The Kier molecular flexibility index (Phi) is 7.69. The normalized spacial score (nSPS) is 28.8. The van der Waals surface area contributed by atoms with Crippen molar-refractivity contribution in [3.63, 3.8) is 0 Å². The predicted molar refractivity (Wildman–Crippen MR) is 68.9 cm³/mol. The van der Waals surface area contributed by atoms with Gasteiger partial charge in [0.25, 0.3) is 0 Å². The maximum absolute atomic E-state index is 11.1. The molecule has 0 unspecified atom stereocenters. The fourth-order valence-electron chi connectivity index (χ4n) is 1.72. The van der Waals surface area contributed by atoms with Crippen molar-refractivity contribution in [2.75, 3.05) is 6.61 Å². The molecule has 0 spiro atoms. The smallest absolute Gasteiger partial charge is 0.303 e. The van der Waals surface area contributed by atoms with E-state index in [1.165, 1.54) is 6.92 Å². The summed E-state index contributed by atoms with van der Waals surface area (Å²) in [6.45, 7) is 3.29. The molecule has 8 nitrogen and oxygen atoms in total. The number of hydrogen-bond acceptors (Lipinski definition) is 8. The lowest BCUT2D eigenvalue weighted by atomic mass is 10.0. The van der Waals surface area contributed by atoms with Gasteiger partial charge in [-0.25, -0.2) is 0 Å². The zero-order chi connectivity index (χ0) is 14.6. The minimum Gasteiger partial charge on any atom is -0.456 e. The maximum atomic E-state index is 11.1. The molecule has 1 aliphatic rings. The Balaban J connectivity index is 0.00000361. The second-order valence-electron chi connectivity index (χ2n) is 4.02. The Labute approximate surface area is 126 Å². The number of halogens is 1. The maximum Gasteiger partial charge on any atom is 0.303 e. The molecule has 0 aliphatic carbocycles. The molecule has 4 atom stereocenters. The van der Waals surface area contributed by atoms with Crippen LogP contribution in [0.15, 0.2) is 0 Å². The number of ether oxygens (including phenoxy) is 4. The average Bonchev–Trinajstić information content (AvgIpc) is 2.25. The van der Waals surface area contributed by atoms with Crippen molar-refractivity contribution in [2.24, 2.45) is 0 Å². The van der Waals surface area contributed by atoms with Crippen LogP contribution >= 0.6 is 17.0 Å². The Morgan fingerprint density at radius 3 is 1.85 bits per heavy atom. The monoisotopic (exact) mass is 356 g/mol. The number of hydrogen-bond donors (Lipinski definition) is 1. The highest BCUT2D eigenvalue weighted by molar-refractivity contribution is 8.93. The van der Waals surface area contributed by atoms with Gasteiger partial charge in [0, 0.05) is 20.8 Å². The van der Waals surface area contributed by atoms with Gasteiger partial charge in [-0.3, -0.25) is 14.4 Å². The van der Waals surface area contributed by atoms with Gasteiger partial charge >= 0.3 is 17.9 Å². The molecule has 0 aromatic rings. The summed E-state index contributed by atoms with van der Waals surface area (Å²) in [5.74, 6) is -1.95. The zero-order valence-corrected chi connectivity index (χ0v) is 12.9. The molecule has 1 N–H and O–H groups in total. The summed E-state index contributed by atoms with van der Waals surface area (Å²) >= 11 is 0. The third kappa shape index (κ3) is 5.43. The Hall–Kier alpha value is -1.19. The minimum absolute atomic E-state index is 0. The summed E-state index contributed by atoms with van der Waals surface area (Å²) in [7, 11) is 0. The lowest BCUT2D eigenvalue weighted by molar-refractivity contribution is -0.267. The van der Waals surface area contributed by atoms with Crippen LogP contribution in [-0.2, 0) is 33.3 Å². The molecule has 0 aromatic carbocycles. The van der Waals surface area contributed by atoms with E-state index in [9.17, 15) is 19.5 Å². The molecule has 9 heteroatoms. The van der Waals surface area contributed by atoms with E-state index in [2.05, 4.69) is 0 Å². The molecule has 0 saturated carbocycles. The van der Waals surface area contributed by atoms with E-state index in [0.717, 1.165) is 13.8 Å². The number of carbonyl (C=O) groups is 3. The summed E-state index contributed by atoms with van der Waals surface area (Å²) in [5, 5.41) is 9.62. The van der Waals surface area contributed by atoms with Gasteiger partial charge in [-0.1, -0.05) is 0 Å². The summed E-state index contributed by atoms with van der Waals surface area (Å²) in [6, 6.07) is 0. The van der Waals surface area contributed by atoms with Gasteiger partial charge in [0.1, 0.15) is 0 Å². The van der Waals surface area contributed by atoms with E-state index in [1.54, 1.807) is 0 Å². The Morgan fingerprint density at radius 2 is 1.40 bits per heavy atom. The first-order valence-corrected chi connectivity index (χ1v) is 5.62. The van der Waals surface area contributed by atoms with Crippen LogP contribution in [0.3, 0.4) is 0 Å². The topological polar surface area (TPSA) is 108 Å². The van der Waals surface area contributed by atoms with Gasteiger partial charge < -0.3 is 24.1 Å². The molecule has 1 fully saturated rings. The number of carbonyl (C=O) groups excluding carboxylic acids is 3. The van der Waals surface area contributed by atoms with Gasteiger partial charge in [-0.2, -0.15) is 0 Å². The van der Waals surface area contributed by atoms with Crippen LogP contribution in [0, 0.1) is 0 Å². The van der Waals surface area contributed by atoms with E-state index in [4.69, 9.17) is 18.9 Å². The molecule has 20 heavy (non-hydrogen) atoms. The van der Waals surface area contributed by atoms with Crippen LogP contribution in [0.4, 0.5) is 0 Å². The summed E-state index contributed by atoms with van der Waals surface area (Å²) in [5.41, 5.74) is 0. The molecule has 1 aliphatic heterocycles. The van der Waals surface area contributed by atoms with E-state index in [1.807, 2.05) is 0 Å². The predicted octanol–water partition coefficient (Wildman–Crippen LogP) is -0.292. The third-order valence-electron chi connectivity index (χ3n) is 2.32. The summed E-state index contributed by atoms with van der Waals surface area (Å²) < 4.78 is 19.6. The van der Waals surface area contributed by atoms with Crippen molar-refractivity contribution < 1.29 is 38.4 Å². The summed E-state index contributed by atoms with van der Waals surface area (Å²) in [6.07, 6.45) is -4.78. The fraction of sp³-hybridized carbons (Fsp3) is 0.727. The van der Waals surface area contributed by atoms with Crippen LogP contribution in [0.5, 0.6) is 0 Å². The van der Waals surface area contributed by atoms with Crippen LogP contribution in [0.25, 0.3) is 0 Å². The van der Waals surface area contributed by atoms with Crippen LogP contribution in [0.2, 0.25) is 0 Å². The number of esters is 3. The lowest BCUT2D eigenvalue weighted by Crippen LogP contribution is -2.57. The van der Waals surface area contributed by atoms with Crippen molar-refractivity contribution in [3.8, 4) is 0 Å². The van der Waals surface area contributed by atoms with E-state index in [-0.39, 0.29) is 23.6 Å². The second kappa shape index (κ2) is 8.18. The van der Waals surface area contributed by atoms with Crippen LogP contribution < -0.4 is 0 Å². The molecule has 1 heterocycles. The Bertz CT molecular complexity index is 371. The minimum atomic E-state index is -1.46. The highest BCUT2D eigenvalue weighted by Gasteiger charge is 2.46. The van der Waals surface area contributed by atoms with E-state index >= 15 is 0 Å². The molecular weight excluding hydrogens is 340 g/mol. The van der Waals surface area contributed by atoms with Crippen LogP contribution in [-0.4, -0.2) is 54.2 Å². The zero-order valence-electron chi connectivity index (χ0n) is 11.2. The van der Waals surface area contributed by atoms with Gasteiger partial charge in [0.05, 0.1) is 6.61 Å². The summed E-state index contributed by atoms with van der Waals surface area (Å²) in [4.78, 5) is 33.0. The Morgan fingerprint density at radius 1 is 0.950 bits per heavy atom. The molecule has 0 radical (unpaired) electrons. The molecule has 1 saturated heterocycles. The van der Waals surface area contributed by atoms with Gasteiger partial charge in [-0.05, 0) is 0 Å². The number of aliphatic hydroxyl groups is 1. The quantitative estimate of drug-likeness (QED) is 0.542. The van der Waals surface area contributed by atoms with Crippen molar-refractivity contribution >= 4 is 34.9 Å². The van der Waals surface area contributed by atoms with Gasteiger partial charge in [0.15, 0.2) is 24.6 Å². The van der Waals surface area contributed by atoms with Gasteiger partial charge in [0.2, 0.25) is 0 Å². The second-order valence-corrected chi connectivity index (χ2v) is 4.02. The van der Waals surface area contributed by atoms with E-state index in [0.29, 0.717) is 0 Å². The van der Waals surface area contributed by atoms with Crippen molar-refractivity contribution in [2.45, 2.75) is 45.4 Å². The lowest BCUT2D eigenvalue weighted by Gasteiger charge is -2.38. The van der Waals surface area contributed by atoms with Crippen molar-refractivity contribution in [1.29, 1.82) is 0 Å². The van der Waals surface area contributed by atoms with Crippen LogP contribution in [0.1, 0.15) is 20.8 Å². The fourth-order valence-corrected chi connectivity index (χ4v) is 1.72. The molecule has 1 rings (SSSR count). The molecule has 116 valence electrons. The SMILES string of the molecule is Br.CC(=O)O[C@@H]1[C@@H](OC(C)=O)[C@H](OC(C)=O)CO[C@H]1O. The van der Waals surface area contributed by atoms with E-state index < -0.39 is 42.5 Å². The largest absolute Gasteiger partial charge is 0.456 e. The molecular formula is C11H17BrO8. The molecule has 0 amide bonds. The highest BCUT2D eigenvalue weighted by Crippen LogP contribution is 2.23. The molecule has 0 aromatic heterocycles. The van der Waals surface area contributed by atoms with Crippen molar-refractivity contribution in [1.82, 2.24) is 0 Å². The standard InChI is InChI=1S/C11H16O8.BrH/c1-5(12)17-8-4-16-11(15)10(19-7(3)14)9(8)18-6(2)13;/h8-11,15H,4H2,1-3H3;1H/t8-,9+,10-,11-;/m1./s1.